The summed E-state index contributed by atoms with van der Waals surface area (Å²) in [5.74, 6) is -4.41. The molecule has 6 rings (SSSR count). The van der Waals surface area contributed by atoms with Gasteiger partial charge in [0.2, 0.25) is 11.2 Å². The highest BCUT2D eigenvalue weighted by Gasteiger charge is 2.47. The second-order valence-corrected chi connectivity index (χ2v) is 14.5. The molecule has 0 radical (unpaired) electrons. The average molecular weight is 733 g/mol. The number of carbonyl (C=O) groups excluding carboxylic acids is 4. The molecule has 2 aliphatic rings. The molecular formula is C44H48N2O8. The molecule has 2 heterocycles. The van der Waals surface area contributed by atoms with Crippen LogP contribution in [0.15, 0.2) is 109 Å². The largest absolute Gasteiger partial charge is 0.390 e. The first-order valence-corrected chi connectivity index (χ1v) is 18.6. The molecule has 2 atom stereocenters. The van der Waals surface area contributed by atoms with Gasteiger partial charge >= 0.3 is 23.9 Å². The van der Waals surface area contributed by atoms with Gasteiger partial charge in [0.1, 0.15) is 0 Å². The van der Waals surface area contributed by atoms with E-state index in [2.05, 4.69) is 23.9 Å². The molecule has 2 saturated heterocycles. The third-order valence-corrected chi connectivity index (χ3v) is 10.9. The molecule has 10 nitrogen and oxygen atoms in total. The lowest BCUT2D eigenvalue weighted by molar-refractivity contribution is -0.176. The van der Waals surface area contributed by atoms with E-state index in [1.165, 1.54) is 0 Å². The highest BCUT2D eigenvalue weighted by molar-refractivity contribution is 5.97. The predicted octanol–water partition coefficient (Wildman–Crippen LogP) is 5.40. The summed E-state index contributed by atoms with van der Waals surface area (Å²) in [4.78, 5) is 58.6. The van der Waals surface area contributed by atoms with Gasteiger partial charge in [-0.15, -0.1) is 0 Å². The first-order valence-electron chi connectivity index (χ1n) is 18.6. The monoisotopic (exact) mass is 732 g/mol. The Morgan fingerprint density at radius 2 is 0.852 bits per heavy atom. The van der Waals surface area contributed by atoms with Crippen LogP contribution in [0.4, 0.5) is 0 Å². The van der Waals surface area contributed by atoms with Crippen LogP contribution < -0.4 is 0 Å². The first kappa shape index (κ1) is 38.7. The summed E-state index contributed by atoms with van der Waals surface area (Å²) in [6.07, 6.45) is 2.09. The summed E-state index contributed by atoms with van der Waals surface area (Å²) in [5, 5.41) is 24.5. The number of likely N-dealkylation sites (tertiary alicyclic amines) is 2. The van der Waals surface area contributed by atoms with Gasteiger partial charge in [-0.05, 0) is 100 Å². The number of piperidine rings is 2. The molecule has 2 aliphatic heterocycles. The second-order valence-electron chi connectivity index (χ2n) is 14.5. The van der Waals surface area contributed by atoms with E-state index in [4.69, 9.17) is 9.47 Å². The lowest BCUT2D eigenvalue weighted by atomic mass is 9.78. The van der Waals surface area contributed by atoms with Gasteiger partial charge in [0.25, 0.3) is 0 Å². The van der Waals surface area contributed by atoms with E-state index in [0.717, 1.165) is 63.0 Å². The van der Waals surface area contributed by atoms with E-state index in [0.29, 0.717) is 11.1 Å². The van der Waals surface area contributed by atoms with Crippen molar-refractivity contribution in [2.45, 2.75) is 61.6 Å². The van der Waals surface area contributed by atoms with E-state index in [-0.39, 0.29) is 23.0 Å². The lowest BCUT2D eigenvalue weighted by Gasteiger charge is -2.34. The fourth-order valence-corrected chi connectivity index (χ4v) is 7.79. The molecule has 4 aromatic carbocycles. The summed E-state index contributed by atoms with van der Waals surface area (Å²) >= 11 is 0. The van der Waals surface area contributed by atoms with Crippen LogP contribution >= 0.6 is 0 Å². The minimum absolute atomic E-state index is 0.0781. The van der Waals surface area contributed by atoms with Gasteiger partial charge in [-0.25, -0.2) is 9.59 Å². The van der Waals surface area contributed by atoms with E-state index in [1.807, 2.05) is 24.3 Å². The van der Waals surface area contributed by atoms with Crippen molar-refractivity contribution in [3.05, 3.63) is 143 Å². The number of aliphatic hydroxyl groups is 2. The van der Waals surface area contributed by atoms with Gasteiger partial charge < -0.3 is 29.5 Å². The van der Waals surface area contributed by atoms with Crippen molar-refractivity contribution in [3.8, 4) is 0 Å². The summed E-state index contributed by atoms with van der Waals surface area (Å²) in [6, 6.07) is 30.9. The third kappa shape index (κ3) is 8.22. The number of carbonyl (C=O) groups is 4. The van der Waals surface area contributed by atoms with Crippen LogP contribution in [0.5, 0.6) is 0 Å². The van der Waals surface area contributed by atoms with Gasteiger partial charge in [-0.2, -0.15) is 0 Å². The Labute approximate surface area is 316 Å². The Balaban J connectivity index is 1.18. The van der Waals surface area contributed by atoms with Crippen molar-refractivity contribution in [2.75, 3.05) is 40.3 Å². The van der Waals surface area contributed by atoms with Crippen LogP contribution in [0.25, 0.3) is 0 Å². The van der Waals surface area contributed by atoms with Crippen LogP contribution in [-0.2, 0) is 39.9 Å². The van der Waals surface area contributed by atoms with Crippen LogP contribution in [0.3, 0.4) is 0 Å². The van der Waals surface area contributed by atoms with E-state index in [1.54, 1.807) is 84.9 Å². The number of nitrogens with zero attached hydrogens (tertiary/aromatic N) is 2. The summed E-state index contributed by atoms with van der Waals surface area (Å²) in [7, 11) is 4.10. The van der Waals surface area contributed by atoms with Crippen LogP contribution in [0.1, 0.15) is 83.7 Å². The Hall–Kier alpha value is -5.00. The number of hydrogen-bond donors (Lipinski definition) is 2. The van der Waals surface area contributed by atoms with Gasteiger partial charge in [0, 0.05) is 11.1 Å². The molecule has 0 bridgehead atoms. The fraction of sp³-hybridized carbons (Fsp3) is 0.364. The average Bonchev–Trinajstić information content (AvgIpc) is 3.20. The van der Waals surface area contributed by atoms with Gasteiger partial charge in [-0.1, -0.05) is 109 Å². The molecule has 10 heteroatoms. The van der Waals surface area contributed by atoms with E-state index in [9.17, 15) is 29.4 Å². The van der Waals surface area contributed by atoms with Gasteiger partial charge in [0.05, 0.1) is 12.8 Å². The van der Waals surface area contributed by atoms with Crippen molar-refractivity contribution in [1.82, 2.24) is 9.80 Å². The van der Waals surface area contributed by atoms with E-state index < -0.39 is 47.9 Å². The quantitative estimate of drug-likeness (QED) is 0.153. The Kier molecular flexibility index (Phi) is 12.2. The highest BCUT2D eigenvalue weighted by Crippen LogP contribution is 2.41. The Morgan fingerprint density at radius 1 is 0.537 bits per heavy atom. The number of ether oxygens (including phenoxy) is 2. The molecule has 4 aromatic rings. The molecule has 0 aliphatic carbocycles. The van der Waals surface area contributed by atoms with Crippen LogP contribution in [0, 0.1) is 0 Å². The van der Waals surface area contributed by atoms with Crippen molar-refractivity contribution in [2.24, 2.45) is 0 Å². The molecule has 2 fully saturated rings. The molecule has 0 saturated carbocycles. The topological polar surface area (TPSA) is 134 Å². The highest BCUT2D eigenvalue weighted by atomic mass is 16.6. The smallest absolute Gasteiger partial charge is 0.355 e. The van der Waals surface area contributed by atoms with Crippen molar-refractivity contribution < 1.29 is 38.9 Å². The Morgan fingerprint density at radius 3 is 1.20 bits per heavy atom. The number of rotatable bonds is 11. The van der Waals surface area contributed by atoms with Crippen LogP contribution in [0.2, 0.25) is 0 Å². The molecule has 0 aromatic heterocycles. The SMILES string of the molecule is CN1CCC(c2ccccc2C(O)(C(=O)OC(=O)CCC(=O)OC(=O)C(O)(c2ccccc2)c2ccccc2C2CCN(C)CC2)c2ccccc2)CC1. The molecule has 282 valence electrons. The second kappa shape index (κ2) is 17.0. The summed E-state index contributed by atoms with van der Waals surface area (Å²) in [6.45, 7) is 3.44. The molecule has 2 N–H and O–H groups in total. The third-order valence-electron chi connectivity index (χ3n) is 10.9. The predicted molar refractivity (Wildman–Crippen MR) is 202 cm³/mol. The zero-order valence-electron chi connectivity index (χ0n) is 30.9. The lowest BCUT2D eigenvalue weighted by Crippen LogP contribution is -2.42. The Bertz CT molecular complexity index is 1800. The standard InChI is InChI=1S/C44H48N2O8/c1-45-27-23-31(24-28-45)35-17-9-11-19-37(35)43(51,33-13-5-3-6-14-33)41(49)53-39(47)21-22-40(48)54-42(50)44(52,34-15-7-4-8-16-34)38-20-12-10-18-36(38)32-25-29-46(2)30-26-32/h3-20,31-32,51-52H,21-30H2,1-2H3. The van der Waals surface area contributed by atoms with Crippen molar-refractivity contribution >= 4 is 23.9 Å². The first-order chi connectivity index (χ1) is 26.0. The number of benzene rings is 4. The molecule has 0 amide bonds. The zero-order valence-corrected chi connectivity index (χ0v) is 30.9. The number of hydrogen-bond acceptors (Lipinski definition) is 10. The van der Waals surface area contributed by atoms with Crippen LogP contribution in [-0.4, -0.2) is 84.2 Å². The minimum atomic E-state index is -2.32. The number of esters is 4. The van der Waals surface area contributed by atoms with Gasteiger partial charge in [0.15, 0.2) is 0 Å². The maximum atomic E-state index is 13.9. The maximum absolute atomic E-state index is 13.9. The van der Waals surface area contributed by atoms with Gasteiger partial charge in [-0.3, -0.25) is 9.59 Å². The molecule has 0 spiro atoms. The summed E-state index contributed by atoms with van der Waals surface area (Å²) in [5.41, 5.74) is -1.92. The van der Waals surface area contributed by atoms with E-state index >= 15 is 0 Å². The fourth-order valence-electron chi connectivity index (χ4n) is 7.79. The normalized spacial score (nSPS) is 18.2. The molecule has 54 heavy (non-hydrogen) atoms. The molecular weight excluding hydrogens is 684 g/mol. The summed E-state index contributed by atoms with van der Waals surface area (Å²) < 4.78 is 10.5. The van der Waals surface area contributed by atoms with Crippen molar-refractivity contribution in [1.29, 1.82) is 0 Å². The minimum Gasteiger partial charge on any atom is -0.390 e. The van der Waals surface area contributed by atoms with Crippen molar-refractivity contribution in [3.63, 3.8) is 0 Å². The molecule has 2 unspecified atom stereocenters. The zero-order chi connectivity index (χ0) is 38.3. The maximum Gasteiger partial charge on any atom is 0.355 e.